The molecule has 0 amide bonds. The molecule has 11 heteroatoms. The minimum absolute atomic E-state index is 0.00598. The van der Waals surface area contributed by atoms with Crippen LogP contribution in [0.1, 0.15) is 23.0 Å². The smallest absolute Gasteiger partial charge is 0.461 e. The molecule has 5 nitrogen and oxygen atoms in total. The van der Waals surface area contributed by atoms with Gasteiger partial charge < -0.3 is 9.47 Å². The van der Waals surface area contributed by atoms with E-state index in [0.717, 1.165) is 5.38 Å². The van der Waals surface area contributed by atoms with Crippen LogP contribution in [0.2, 0.25) is 0 Å². The van der Waals surface area contributed by atoms with Crippen LogP contribution in [0.4, 0.5) is 13.2 Å². The Morgan fingerprint density at radius 2 is 2.05 bits per heavy atom. The predicted octanol–water partition coefficient (Wildman–Crippen LogP) is 3.14. The van der Waals surface area contributed by atoms with Crippen LogP contribution >= 0.6 is 22.0 Å². The Morgan fingerprint density at radius 3 is 2.50 bits per heavy atom. The predicted molar refractivity (Wildman–Crippen MR) is 64.6 cm³/mol. The third-order valence-electron chi connectivity index (χ3n) is 1.81. The zero-order valence-electron chi connectivity index (χ0n) is 9.86. The standard InChI is InChI=1S/C9H8ClF3O5S2/c1-2-3-17-8(14)6-7(20(10,15)16)5(4-19-6)18-9(11,12)13/h4H,2-3H2,1H3. The summed E-state index contributed by atoms with van der Waals surface area (Å²) in [6.07, 6.45) is -4.64. The Morgan fingerprint density at radius 1 is 1.45 bits per heavy atom. The number of hydrogen-bond acceptors (Lipinski definition) is 6. The van der Waals surface area contributed by atoms with Crippen LogP contribution in [-0.4, -0.2) is 27.4 Å². The molecule has 1 aromatic rings. The number of ether oxygens (including phenoxy) is 2. The van der Waals surface area contributed by atoms with Gasteiger partial charge in [0, 0.05) is 16.1 Å². The SMILES string of the molecule is CCCOC(=O)c1scc(OC(F)(F)F)c1S(=O)(=O)Cl. The summed E-state index contributed by atoms with van der Waals surface area (Å²) in [6.45, 7) is 1.69. The van der Waals surface area contributed by atoms with E-state index in [9.17, 15) is 26.4 Å². The molecule has 0 aliphatic rings. The van der Waals surface area contributed by atoms with Crippen molar-refractivity contribution in [1.29, 1.82) is 0 Å². The van der Waals surface area contributed by atoms with Gasteiger partial charge in [0.25, 0.3) is 9.05 Å². The first-order chi connectivity index (χ1) is 9.06. The van der Waals surface area contributed by atoms with E-state index in [2.05, 4.69) is 9.47 Å². The molecular weight excluding hydrogens is 345 g/mol. The van der Waals surface area contributed by atoms with Gasteiger partial charge in [0.15, 0.2) is 10.6 Å². The van der Waals surface area contributed by atoms with Crippen LogP contribution in [0.3, 0.4) is 0 Å². The van der Waals surface area contributed by atoms with E-state index in [1.807, 2.05) is 0 Å². The van der Waals surface area contributed by atoms with E-state index in [4.69, 9.17) is 10.7 Å². The molecule has 0 unspecified atom stereocenters. The van der Waals surface area contributed by atoms with Gasteiger partial charge in [-0.05, 0) is 6.42 Å². The molecule has 0 spiro atoms. The van der Waals surface area contributed by atoms with Gasteiger partial charge in [0.05, 0.1) is 6.61 Å². The van der Waals surface area contributed by atoms with Crippen molar-refractivity contribution in [3.05, 3.63) is 10.3 Å². The van der Waals surface area contributed by atoms with E-state index in [1.165, 1.54) is 0 Å². The van der Waals surface area contributed by atoms with Gasteiger partial charge >= 0.3 is 12.3 Å². The van der Waals surface area contributed by atoms with E-state index in [0.29, 0.717) is 17.8 Å². The highest BCUT2D eigenvalue weighted by atomic mass is 35.7. The lowest BCUT2D eigenvalue weighted by atomic mass is 10.4. The first-order valence-electron chi connectivity index (χ1n) is 5.05. The van der Waals surface area contributed by atoms with Crippen LogP contribution in [0.15, 0.2) is 10.3 Å². The van der Waals surface area contributed by atoms with Gasteiger partial charge in [-0.1, -0.05) is 6.92 Å². The highest BCUT2D eigenvalue weighted by molar-refractivity contribution is 8.14. The maximum Gasteiger partial charge on any atom is 0.573 e. The van der Waals surface area contributed by atoms with Crippen molar-refractivity contribution in [2.24, 2.45) is 0 Å². The number of halogens is 4. The van der Waals surface area contributed by atoms with Crippen molar-refractivity contribution in [2.45, 2.75) is 24.6 Å². The normalized spacial score (nSPS) is 12.2. The number of alkyl halides is 3. The molecule has 0 saturated heterocycles. The number of hydrogen-bond donors (Lipinski definition) is 0. The quantitative estimate of drug-likeness (QED) is 0.601. The molecule has 0 atom stereocenters. The van der Waals surface area contributed by atoms with Gasteiger partial charge in [-0.15, -0.1) is 24.5 Å². The molecule has 114 valence electrons. The van der Waals surface area contributed by atoms with Gasteiger partial charge in [-0.2, -0.15) is 0 Å². The minimum Gasteiger partial charge on any atom is -0.461 e. The molecule has 1 aromatic heterocycles. The van der Waals surface area contributed by atoms with Gasteiger partial charge in [-0.3, -0.25) is 0 Å². The lowest BCUT2D eigenvalue weighted by molar-refractivity contribution is -0.275. The second-order valence-electron chi connectivity index (χ2n) is 3.38. The Balaban J connectivity index is 3.24. The first-order valence-corrected chi connectivity index (χ1v) is 8.24. The molecule has 0 aliphatic heterocycles. The Kier molecular flexibility index (Phi) is 5.27. The highest BCUT2D eigenvalue weighted by Crippen LogP contribution is 2.39. The second kappa shape index (κ2) is 6.19. The molecule has 0 radical (unpaired) electrons. The molecule has 0 N–H and O–H groups in total. The Hall–Kier alpha value is -1.00. The Bertz CT molecular complexity index is 593. The van der Waals surface area contributed by atoms with Crippen molar-refractivity contribution in [1.82, 2.24) is 0 Å². The van der Waals surface area contributed by atoms with Crippen LogP contribution in [0.25, 0.3) is 0 Å². The average Bonchev–Trinajstić information content (AvgIpc) is 2.66. The molecule has 1 rings (SSSR count). The van der Waals surface area contributed by atoms with Gasteiger partial charge in [0.2, 0.25) is 0 Å². The van der Waals surface area contributed by atoms with Crippen LogP contribution in [0, 0.1) is 0 Å². The lowest BCUT2D eigenvalue weighted by Gasteiger charge is -2.09. The van der Waals surface area contributed by atoms with Crippen molar-refractivity contribution in [3.8, 4) is 5.75 Å². The summed E-state index contributed by atoms with van der Waals surface area (Å²) in [4.78, 5) is 9.98. The summed E-state index contributed by atoms with van der Waals surface area (Å²) in [6, 6.07) is 0. The maximum atomic E-state index is 12.2. The number of rotatable bonds is 5. The summed E-state index contributed by atoms with van der Waals surface area (Å²) >= 11 is 0.439. The molecule has 0 aromatic carbocycles. The monoisotopic (exact) mass is 352 g/mol. The number of esters is 1. The van der Waals surface area contributed by atoms with E-state index in [-0.39, 0.29) is 6.61 Å². The molecule has 0 aliphatic carbocycles. The van der Waals surface area contributed by atoms with Crippen LogP contribution in [-0.2, 0) is 13.8 Å². The molecule has 0 saturated carbocycles. The summed E-state index contributed by atoms with van der Waals surface area (Å²) in [5.41, 5.74) is 0. The van der Waals surface area contributed by atoms with Crippen molar-refractivity contribution in [3.63, 3.8) is 0 Å². The van der Waals surface area contributed by atoms with Gasteiger partial charge in [0.1, 0.15) is 4.88 Å². The minimum atomic E-state index is -5.11. The van der Waals surface area contributed by atoms with Crippen molar-refractivity contribution >= 4 is 37.0 Å². The second-order valence-corrected chi connectivity index (χ2v) is 6.76. The van der Waals surface area contributed by atoms with Crippen LogP contribution in [0.5, 0.6) is 5.75 Å². The van der Waals surface area contributed by atoms with E-state index >= 15 is 0 Å². The number of carbonyl (C=O) groups is 1. The lowest BCUT2D eigenvalue weighted by Crippen LogP contribution is -2.18. The van der Waals surface area contributed by atoms with Crippen LogP contribution < -0.4 is 4.74 Å². The largest absolute Gasteiger partial charge is 0.573 e. The molecule has 20 heavy (non-hydrogen) atoms. The van der Waals surface area contributed by atoms with E-state index in [1.54, 1.807) is 6.92 Å². The zero-order chi connectivity index (χ0) is 15.6. The first kappa shape index (κ1) is 17.1. The fraction of sp³-hybridized carbons (Fsp3) is 0.444. The van der Waals surface area contributed by atoms with Crippen molar-refractivity contribution < 1.29 is 35.9 Å². The molecular formula is C9H8ClF3O5S2. The number of thiophene rings is 1. The third kappa shape index (κ3) is 4.53. The Labute approximate surface area is 120 Å². The topological polar surface area (TPSA) is 69.7 Å². The highest BCUT2D eigenvalue weighted by Gasteiger charge is 2.37. The average molecular weight is 353 g/mol. The summed E-state index contributed by atoms with van der Waals surface area (Å²) in [7, 11) is 0.435. The third-order valence-corrected chi connectivity index (χ3v) is 4.23. The zero-order valence-corrected chi connectivity index (χ0v) is 12.3. The fourth-order valence-electron chi connectivity index (χ4n) is 1.16. The van der Waals surface area contributed by atoms with E-state index < -0.39 is 36.9 Å². The van der Waals surface area contributed by atoms with Crippen molar-refractivity contribution in [2.75, 3.05) is 6.61 Å². The molecule has 0 fully saturated rings. The number of carbonyl (C=O) groups excluding carboxylic acids is 1. The summed E-state index contributed by atoms with van der Waals surface area (Å²) in [5, 5.41) is 0.727. The molecule has 1 heterocycles. The fourth-order valence-corrected chi connectivity index (χ4v) is 3.70. The summed E-state index contributed by atoms with van der Waals surface area (Å²) in [5.74, 6) is -2.13. The maximum absolute atomic E-state index is 12.2. The molecule has 0 bridgehead atoms. The van der Waals surface area contributed by atoms with Gasteiger partial charge in [-0.25, -0.2) is 13.2 Å². The summed E-state index contributed by atoms with van der Waals surface area (Å²) < 4.78 is 67.3.